The molecule has 0 saturated heterocycles. The summed E-state index contributed by atoms with van der Waals surface area (Å²) in [4.78, 5) is 36.1. The van der Waals surface area contributed by atoms with Crippen LogP contribution in [-0.2, 0) is 4.79 Å². The predicted molar refractivity (Wildman–Crippen MR) is 138 cm³/mol. The van der Waals surface area contributed by atoms with Gasteiger partial charge in [-0.05, 0) is 67.5 Å². The topological polar surface area (TPSA) is 92.7 Å². The lowest BCUT2D eigenvalue weighted by Gasteiger charge is -2.27. The van der Waals surface area contributed by atoms with E-state index in [1.807, 2.05) is 36.4 Å². The first-order chi connectivity index (χ1) is 18.3. The Hall–Kier alpha value is -4.07. The molecule has 1 amide bonds. The molecule has 3 aromatic carbocycles. The van der Waals surface area contributed by atoms with Gasteiger partial charge < -0.3 is 15.2 Å². The fraction of sp³-hybridized carbons (Fsp3) is 0.300. The highest BCUT2D eigenvalue weighted by Gasteiger charge is 2.28. The summed E-state index contributed by atoms with van der Waals surface area (Å²) in [6.07, 6.45) is 1.47. The second-order valence-corrected chi connectivity index (χ2v) is 9.40. The Labute approximate surface area is 219 Å². The normalized spacial score (nSPS) is 17.0. The molecule has 1 fully saturated rings. The minimum Gasteiger partial charge on any atom is -0.487 e. The minimum atomic E-state index is -1.27. The Morgan fingerprint density at radius 1 is 0.868 bits per heavy atom. The molecule has 0 aromatic heterocycles. The van der Waals surface area contributed by atoms with E-state index in [4.69, 9.17) is 9.84 Å². The molecule has 0 spiro atoms. The number of nitrogens with one attached hydrogen (secondary N) is 1. The molecular formula is C30H29F2NO5. The van der Waals surface area contributed by atoms with Gasteiger partial charge in [0, 0.05) is 18.5 Å². The fourth-order valence-corrected chi connectivity index (χ4v) is 4.60. The summed E-state index contributed by atoms with van der Waals surface area (Å²) in [5.41, 5.74) is 2.01. The lowest BCUT2D eigenvalue weighted by atomic mass is 9.87. The summed E-state index contributed by atoms with van der Waals surface area (Å²) in [5.74, 6) is -4.96. The Balaban J connectivity index is 1.27. The Morgan fingerprint density at radius 3 is 2.29 bits per heavy atom. The SMILES string of the molecule is O=C(NCCCC(=O)c1ccc(OC2CCC(C(=O)O)CC2)c(F)c1F)c1cccc(-c2ccccc2)c1. The van der Waals surface area contributed by atoms with Crippen LogP contribution in [-0.4, -0.2) is 35.4 Å². The van der Waals surface area contributed by atoms with Gasteiger partial charge in [-0.15, -0.1) is 0 Å². The van der Waals surface area contributed by atoms with Crippen molar-refractivity contribution >= 4 is 17.7 Å². The highest BCUT2D eigenvalue weighted by molar-refractivity contribution is 5.97. The van der Waals surface area contributed by atoms with Crippen molar-refractivity contribution in [1.82, 2.24) is 5.32 Å². The largest absolute Gasteiger partial charge is 0.487 e. The third kappa shape index (κ3) is 6.62. The summed E-state index contributed by atoms with van der Waals surface area (Å²) >= 11 is 0. The van der Waals surface area contributed by atoms with Crippen molar-refractivity contribution in [2.24, 2.45) is 5.92 Å². The zero-order chi connectivity index (χ0) is 27.1. The first-order valence-corrected chi connectivity index (χ1v) is 12.7. The molecule has 4 rings (SSSR count). The maximum absolute atomic E-state index is 14.6. The van der Waals surface area contributed by atoms with E-state index in [1.165, 1.54) is 12.1 Å². The minimum absolute atomic E-state index is 0.0693. The molecule has 8 heteroatoms. The Bertz CT molecular complexity index is 1300. The van der Waals surface area contributed by atoms with Gasteiger partial charge in [0.2, 0.25) is 5.82 Å². The summed E-state index contributed by atoms with van der Waals surface area (Å²) in [6.45, 7) is 0.199. The van der Waals surface area contributed by atoms with Crippen molar-refractivity contribution in [2.75, 3.05) is 6.54 Å². The second-order valence-electron chi connectivity index (χ2n) is 9.40. The molecular weight excluding hydrogens is 492 g/mol. The number of hydrogen-bond donors (Lipinski definition) is 2. The molecule has 0 radical (unpaired) electrons. The zero-order valence-electron chi connectivity index (χ0n) is 20.8. The molecule has 2 N–H and O–H groups in total. The summed E-state index contributed by atoms with van der Waals surface area (Å²) in [6, 6.07) is 19.3. The number of hydrogen-bond acceptors (Lipinski definition) is 4. The van der Waals surface area contributed by atoms with Crippen molar-refractivity contribution in [3.63, 3.8) is 0 Å². The van der Waals surface area contributed by atoms with E-state index in [0.717, 1.165) is 11.1 Å². The van der Waals surface area contributed by atoms with Gasteiger partial charge in [-0.25, -0.2) is 4.39 Å². The zero-order valence-corrected chi connectivity index (χ0v) is 20.8. The number of Topliss-reactive ketones (excluding diaryl/α,β-unsaturated/α-hetero) is 1. The van der Waals surface area contributed by atoms with E-state index in [0.29, 0.717) is 31.2 Å². The van der Waals surface area contributed by atoms with Gasteiger partial charge in [-0.2, -0.15) is 4.39 Å². The van der Waals surface area contributed by atoms with Crippen LogP contribution in [0.4, 0.5) is 8.78 Å². The molecule has 198 valence electrons. The van der Waals surface area contributed by atoms with Crippen molar-refractivity contribution < 1.29 is 33.0 Å². The molecule has 0 heterocycles. The van der Waals surface area contributed by atoms with Crippen LogP contribution in [0.25, 0.3) is 11.1 Å². The summed E-state index contributed by atoms with van der Waals surface area (Å²) < 4.78 is 34.8. The van der Waals surface area contributed by atoms with Crippen LogP contribution in [0.15, 0.2) is 66.7 Å². The number of carbonyl (C=O) groups is 3. The molecule has 38 heavy (non-hydrogen) atoms. The maximum Gasteiger partial charge on any atom is 0.306 e. The maximum atomic E-state index is 14.6. The Morgan fingerprint density at radius 2 is 1.58 bits per heavy atom. The number of ether oxygens (including phenoxy) is 1. The van der Waals surface area contributed by atoms with Gasteiger partial charge in [0.25, 0.3) is 5.91 Å². The van der Waals surface area contributed by atoms with Crippen molar-refractivity contribution in [3.05, 3.63) is 89.5 Å². The van der Waals surface area contributed by atoms with Gasteiger partial charge in [0.15, 0.2) is 17.3 Å². The molecule has 0 bridgehead atoms. The third-order valence-corrected chi connectivity index (χ3v) is 6.76. The van der Waals surface area contributed by atoms with E-state index in [-0.39, 0.29) is 36.6 Å². The van der Waals surface area contributed by atoms with Crippen LogP contribution < -0.4 is 10.1 Å². The fourth-order valence-electron chi connectivity index (χ4n) is 4.60. The number of halogens is 2. The van der Waals surface area contributed by atoms with E-state index >= 15 is 0 Å². The van der Waals surface area contributed by atoms with Crippen molar-refractivity contribution in [3.8, 4) is 16.9 Å². The monoisotopic (exact) mass is 521 g/mol. The third-order valence-electron chi connectivity index (χ3n) is 6.76. The number of carbonyl (C=O) groups excluding carboxylic acids is 2. The quantitative estimate of drug-likeness (QED) is 0.250. The van der Waals surface area contributed by atoms with Crippen LogP contribution in [0.2, 0.25) is 0 Å². The van der Waals surface area contributed by atoms with Gasteiger partial charge in [0.1, 0.15) is 0 Å². The van der Waals surface area contributed by atoms with Gasteiger partial charge in [-0.3, -0.25) is 14.4 Å². The van der Waals surface area contributed by atoms with Crippen LogP contribution in [0.3, 0.4) is 0 Å². The molecule has 3 aromatic rings. The second kappa shape index (κ2) is 12.4. The molecule has 6 nitrogen and oxygen atoms in total. The number of aliphatic carboxylic acids is 1. The van der Waals surface area contributed by atoms with E-state index in [1.54, 1.807) is 18.2 Å². The van der Waals surface area contributed by atoms with E-state index < -0.39 is 35.4 Å². The number of carboxylic acid groups (broad SMARTS) is 1. The van der Waals surface area contributed by atoms with Gasteiger partial charge in [0.05, 0.1) is 17.6 Å². The van der Waals surface area contributed by atoms with E-state index in [2.05, 4.69) is 5.32 Å². The van der Waals surface area contributed by atoms with Crippen LogP contribution in [0.5, 0.6) is 5.75 Å². The predicted octanol–water partition coefficient (Wildman–Crippen LogP) is 6.05. The number of ketones is 1. The van der Waals surface area contributed by atoms with Gasteiger partial charge >= 0.3 is 5.97 Å². The van der Waals surface area contributed by atoms with Crippen molar-refractivity contribution in [1.29, 1.82) is 0 Å². The number of carboxylic acids is 1. The molecule has 1 aliphatic rings. The average molecular weight is 522 g/mol. The average Bonchev–Trinajstić information content (AvgIpc) is 2.94. The summed E-state index contributed by atoms with van der Waals surface area (Å²) in [5, 5.41) is 11.8. The van der Waals surface area contributed by atoms with E-state index in [9.17, 15) is 23.2 Å². The van der Waals surface area contributed by atoms with Crippen LogP contribution >= 0.6 is 0 Å². The molecule has 0 atom stereocenters. The van der Waals surface area contributed by atoms with Crippen molar-refractivity contribution in [2.45, 2.75) is 44.6 Å². The number of amides is 1. The first kappa shape index (κ1) is 27.0. The number of benzene rings is 3. The Kier molecular flexibility index (Phi) is 8.84. The highest BCUT2D eigenvalue weighted by Crippen LogP contribution is 2.31. The van der Waals surface area contributed by atoms with Gasteiger partial charge in [-0.1, -0.05) is 42.5 Å². The highest BCUT2D eigenvalue weighted by atomic mass is 19.2. The van der Waals surface area contributed by atoms with Crippen LogP contribution in [0.1, 0.15) is 59.2 Å². The lowest BCUT2D eigenvalue weighted by molar-refractivity contribution is -0.143. The molecule has 0 aliphatic heterocycles. The molecule has 0 unspecified atom stereocenters. The molecule has 1 aliphatic carbocycles. The number of rotatable bonds is 10. The van der Waals surface area contributed by atoms with Crippen LogP contribution in [0, 0.1) is 17.6 Å². The smallest absolute Gasteiger partial charge is 0.306 e. The lowest BCUT2D eigenvalue weighted by Crippen LogP contribution is -2.28. The standard InChI is InChI=1S/C30H29F2NO5/c31-27-24(15-16-26(28(27)32)38-23-13-11-20(12-14-23)30(36)37)25(34)10-5-17-33-29(35)22-9-4-8-21(18-22)19-6-2-1-3-7-19/h1-4,6-9,15-16,18,20,23H,5,10-14,17H2,(H,33,35)(H,36,37). The first-order valence-electron chi connectivity index (χ1n) is 12.7. The molecule has 1 saturated carbocycles. The summed E-state index contributed by atoms with van der Waals surface area (Å²) in [7, 11) is 0.